The van der Waals surface area contributed by atoms with Gasteiger partial charge in [0.15, 0.2) is 11.6 Å². The third kappa shape index (κ3) is 5.32. The van der Waals surface area contributed by atoms with Crippen LogP contribution in [0, 0.1) is 11.6 Å². The average Bonchev–Trinajstić information content (AvgIpc) is 2.54. The van der Waals surface area contributed by atoms with Gasteiger partial charge in [0.25, 0.3) is 0 Å². The van der Waals surface area contributed by atoms with Crippen molar-refractivity contribution in [3.05, 3.63) is 64.1 Å². The summed E-state index contributed by atoms with van der Waals surface area (Å²) in [4.78, 5) is 12.6. The minimum atomic E-state index is -0.906. The molecule has 0 aliphatic heterocycles. The van der Waals surface area contributed by atoms with Crippen molar-refractivity contribution in [3.8, 4) is 0 Å². The molecule has 0 spiro atoms. The molecule has 1 atom stereocenters. The van der Waals surface area contributed by atoms with E-state index in [1.807, 2.05) is 31.2 Å². The van der Waals surface area contributed by atoms with Crippen LogP contribution < -0.4 is 5.32 Å². The normalized spacial score (nSPS) is 12.0. The summed E-state index contributed by atoms with van der Waals surface area (Å²) in [5.41, 5.74) is 1.03. The first-order valence-corrected chi connectivity index (χ1v) is 8.90. The number of carbonyl (C=O) groups excluding carboxylic acids is 1. The summed E-state index contributed by atoms with van der Waals surface area (Å²) in [6, 6.07) is 11.3. The van der Waals surface area contributed by atoms with Gasteiger partial charge in [-0.25, -0.2) is 8.78 Å². The Kier molecular flexibility index (Phi) is 6.59. The van der Waals surface area contributed by atoms with Crippen LogP contribution in [0.15, 0.2) is 51.8 Å². The summed E-state index contributed by atoms with van der Waals surface area (Å²) in [7, 11) is 0. The van der Waals surface area contributed by atoms with Crippen LogP contribution in [0.3, 0.4) is 0 Å². The van der Waals surface area contributed by atoms with Gasteiger partial charge in [-0.1, -0.05) is 35.0 Å². The third-order valence-corrected chi connectivity index (χ3v) is 4.80. The van der Waals surface area contributed by atoms with E-state index in [2.05, 4.69) is 21.2 Å². The van der Waals surface area contributed by atoms with E-state index in [0.717, 1.165) is 28.6 Å². The van der Waals surface area contributed by atoms with Gasteiger partial charge in [0.05, 0.1) is 11.8 Å². The Morgan fingerprint density at radius 2 is 1.87 bits per heavy atom. The molecule has 0 heterocycles. The molecule has 2 aromatic rings. The summed E-state index contributed by atoms with van der Waals surface area (Å²) in [6.07, 6.45) is 0.767. The smallest absolute Gasteiger partial charge is 0.230 e. The minimum absolute atomic E-state index is 0.0684. The molecule has 2 rings (SSSR count). The lowest BCUT2D eigenvalue weighted by atomic mass is 10.0. The van der Waals surface area contributed by atoms with Crippen molar-refractivity contribution in [1.29, 1.82) is 0 Å². The lowest BCUT2D eigenvalue weighted by Crippen LogP contribution is -2.29. The van der Waals surface area contributed by atoms with E-state index in [1.165, 1.54) is 17.8 Å². The standard InChI is InChI=1S/C17H16BrF2NOS/c1-2-16(11-3-5-12(18)6-4-11)21-17(22)10-23-13-7-8-14(19)15(20)9-13/h3-9,16H,2,10H2,1H3,(H,21,22)/t16-/m0/s1. The van der Waals surface area contributed by atoms with Crippen LogP contribution in [0.1, 0.15) is 24.9 Å². The Morgan fingerprint density at radius 3 is 2.48 bits per heavy atom. The van der Waals surface area contributed by atoms with Crippen molar-refractivity contribution in [3.63, 3.8) is 0 Å². The van der Waals surface area contributed by atoms with Gasteiger partial charge in [0, 0.05) is 9.37 Å². The van der Waals surface area contributed by atoms with Crippen molar-refractivity contribution >= 4 is 33.6 Å². The van der Waals surface area contributed by atoms with Crippen molar-refractivity contribution in [2.45, 2.75) is 24.3 Å². The molecule has 0 bridgehead atoms. The molecule has 0 aliphatic carbocycles. The van der Waals surface area contributed by atoms with E-state index in [0.29, 0.717) is 4.90 Å². The number of carbonyl (C=O) groups is 1. The van der Waals surface area contributed by atoms with Crippen molar-refractivity contribution in [2.24, 2.45) is 0 Å². The first kappa shape index (κ1) is 17.9. The highest BCUT2D eigenvalue weighted by Gasteiger charge is 2.13. The minimum Gasteiger partial charge on any atom is -0.349 e. The van der Waals surface area contributed by atoms with E-state index in [1.54, 1.807) is 0 Å². The summed E-state index contributed by atoms with van der Waals surface area (Å²) in [6.45, 7) is 2.00. The van der Waals surface area contributed by atoms with Gasteiger partial charge < -0.3 is 5.32 Å². The molecule has 6 heteroatoms. The first-order valence-electron chi connectivity index (χ1n) is 7.12. The quantitative estimate of drug-likeness (QED) is 0.685. The highest BCUT2D eigenvalue weighted by molar-refractivity contribution is 9.10. The van der Waals surface area contributed by atoms with Gasteiger partial charge in [-0.05, 0) is 42.3 Å². The Balaban J connectivity index is 1.92. The largest absolute Gasteiger partial charge is 0.349 e. The van der Waals surface area contributed by atoms with Crippen LogP contribution in [0.4, 0.5) is 8.78 Å². The van der Waals surface area contributed by atoms with Crippen molar-refractivity contribution in [2.75, 3.05) is 5.75 Å². The molecular formula is C17H16BrF2NOS. The Labute approximate surface area is 146 Å². The van der Waals surface area contributed by atoms with Crippen LogP contribution >= 0.6 is 27.7 Å². The van der Waals surface area contributed by atoms with Gasteiger partial charge >= 0.3 is 0 Å². The van der Waals surface area contributed by atoms with Gasteiger partial charge in [0.1, 0.15) is 0 Å². The topological polar surface area (TPSA) is 29.1 Å². The van der Waals surface area contributed by atoms with Crippen LogP contribution in [0.25, 0.3) is 0 Å². The lowest BCUT2D eigenvalue weighted by molar-refractivity contribution is -0.119. The molecule has 1 amide bonds. The number of nitrogens with one attached hydrogen (secondary N) is 1. The highest BCUT2D eigenvalue weighted by atomic mass is 79.9. The molecule has 0 radical (unpaired) electrons. The molecule has 2 aromatic carbocycles. The van der Waals surface area contributed by atoms with Gasteiger partial charge in [-0.2, -0.15) is 0 Å². The number of benzene rings is 2. The molecule has 0 saturated heterocycles. The zero-order valence-corrected chi connectivity index (χ0v) is 14.9. The fourth-order valence-electron chi connectivity index (χ4n) is 2.07. The number of rotatable bonds is 6. The molecular weight excluding hydrogens is 384 g/mol. The molecule has 0 unspecified atom stereocenters. The summed E-state index contributed by atoms with van der Waals surface area (Å²) in [5, 5.41) is 2.96. The van der Waals surface area contributed by atoms with E-state index in [-0.39, 0.29) is 17.7 Å². The molecule has 2 nitrogen and oxygen atoms in total. The molecule has 0 aromatic heterocycles. The van der Waals surface area contributed by atoms with Crippen LogP contribution in [-0.4, -0.2) is 11.7 Å². The number of thioether (sulfide) groups is 1. The average molecular weight is 400 g/mol. The van der Waals surface area contributed by atoms with Crippen molar-refractivity contribution < 1.29 is 13.6 Å². The van der Waals surface area contributed by atoms with Gasteiger partial charge in [0.2, 0.25) is 5.91 Å². The Bertz CT molecular complexity index is 679. The summed E-state index contributed by atoms with van der Waals surface area (Å²) in [5.74, 6) is -1.79. The molecule has 1 N–H and O–H groups in total. The molecule has 23 heavy (non-hydrogen) atoms. The number of hydrogen-bond donors (Lipinski definition) is 1. The second kappa shape index (κ2) is 8.45. The predicted molar refractivity (Wildman–Crippen MR) is 92.4 cm³/mol. The Morgan fingerprint density at radius 1 is 1.17 bits per heavy atom. The third-order valence-electron chi connectivity index (χ3n) is 3.28. The van der Waals surface area contributed by atoms with Crippen LogP contribution in [0.2, 0.25) is 0 Å². The maximum atomic E-state index is 13.1. The predicted octanol–water partition coefficient (Wildman–Crippen LogP) is 5.09. The molecule has 0 aliphatic rings. The molecule has 122 valence electrons. The van der Waals surface area contributed by atoms with Crippen molar-refractivity contribution in [1.82, 2.24) is 5.32 Å². The maximum Gasteiger partial charge on any atom is 0.230 e. The number of hydrogen-bond acceptors (Lipinski definition) is 2. The van der Waals surface area contributed by atoms with Gasteiger partial charge in [-0.3, -0.25) is 4.79 Å². The second-order valence-corrected chi connectivity index (χ2v) is 6.91. The van der Waals surface area contributed by atoms with E-state index < -0.39 is 11.6 Å². The monoisotopic (exact) mass is 399 g/mol. The molecule has 0 saturated carbocycles. The summed E-state index contributed by atoms with van der Waals surface area (Å²) < 4.78 is 27.0. The van der Waals surface area contributed by atoms with Crippen LogP contribution in [-0.2, 0) is 4.79 Å². The van der Waals surface area contributed by atoms with Gasteiger partial charge in [-0.15, -0.1) is 11.8 Å². The van der Waals surface area contributed by atoms with E-state index >= 15 is 0 Å². The number of amides is 1. The highest BCUT2D eigenvalue weighted by Crippen LogP contribution is 2.22. The van der Waals surface area contributed by atoms with E-state index in [9.17, 15) is 13.6 Å². The van der Waals surface area contributed by atoms with Crippen LogP contribution in [0.5, 0.6) is 0 Å². The lowest BCUT2D eigenvalue weighted by Gasteiger charge is -2.17. The first-order chi connectivity index (χ1) is 11.0. The number of halogens is 3. The fraction of sp³-hybridized carbons (Fsp3) is 0.235. The fourth-order valence-corrected chi connectivity index (χ4v) is 3.06. The summed E-state index contributed by atoms with van der Waals surface area (Å²) >= 11 is 4.56. The zero-order chi connectivity index (χ0) is 16.8. The zero-order valence-electron chi connectivity index (χ0n) is 12.5. The van der Waals surface area contributed by atoms with E-state index in [4.69, 9.17) is 0 Å². The second-order valence-electron chi connectivity index (χ2n) is 4.94. The maximum absolute atomic E-state index is 13.1. The Hall–Kier alpha value is -1.40. The SMILES string of the molecule is CC[C@H](NC(=O)CSc1ccc(F)c(F)c1)c1ccc(Br)cc1. The molecule has 0 fully saturated rings.